The van der Waals surface area contributed by atoms with Gasteiger partial charge in [-0.1, -0.05) is 55.0 Å². The van der Waals surface area contributed by atoms with E-state index in [0.717, 1.165) is 30.8 Å². The molecule has 190 valence electrons. The van der Waals surface area contributed by atoms with Crippen molar-refractivity contribution in [2.45, 2.75) is 25.3 Å². The SMILES string of the molecule is CCN1CCN(C(=O)COc2ccc(N(Cc3ccccc3)S(=O)(=O)c3ccc(C)cc3)cc2)CC1. The van der Waals surface area contributed by atoms with E-state index in [1.54, 1.807) is 48.5 Å². The van der Waals surface area contributed by atoms with Crippen LogP contribution in [-0.2, 0) is 21.4 Å². The predicted molar refractivity (Wildman–Crippen MR) is 142 cm³/mol. The molecule has 0 atom stereocenters. The van der Waals surface area contributed by atoms with Crippen molar-refractivity contribution in [1.29, 1.82) is 0 Å². The minimum atomic E-state index is -3.80. The Kier molecular flexibility index (Phi) is 8.28. The first-order chi connectivity index (χ1) is 17.4. The molecule has 4 rings (SSSR count). The molecule has 1 amide bonds. The van der Waals surface area contributed by atoms with Crippen LogP contribution < -0.4 is 9.04 Å². The number of amides is 1. The normalized spacial score (nSPS) is 14.4. The van der Waals surface area contributed by atoms with Crippen LogP contribution in [0.25, 0.3) is 0 Å². The number of likely N-dealkylation sites (N-methyl/N-ethyl adjacent to an activating group) is 1. The van der Waals surface area contributed by atoms with Crippen molar-refractivity contribution in [3.05, 3.63) is 90.0 Å². The number of nitrogens with zero attached hydrogens (tertiary/aromatic N) is 3. The van der Waals surface area contributed by atoms with Gasteiger partial charge >= 0.3 is 0 Å². The molecule has 1 aliphatic heterocycles. The van der Waals surface area contributed by atoms with Gasteiger partial charge in [-0.3, -0.25) is 9.10 Å². The number of piperazine rings is 1. The lowest BCUT2D eigenvalue weighted by molar-refractivity contribution is -0.135. The van der Waals surface area contributed by atoms with Crippen molar-refractivity contribution in [1.82, 2.24) is 9.80 Å². The highest BCUT2D eigenvalue weighted by molar-refractivity contribution is 7.92. The first-order valence-electron chi connectivity index (χ1n) is 12.2. The second kappa shape index (κ2) is 11.6. The second-order valence-electron chi connectivity index (χ2n) is 8.91. The van der Waals surface area contributed by atoms with Crippen LogP contribution in [-0.4, -0.2) is 63.5 Å². The molecular weight excluding hydrogens is 474 g/mol. The summed E-state index contributed by atoms with van der Waals surface area (Å²) in [6, 6.07) is 23.2. The molecule has 1 fully saturated rings. The molecular formula is C28H33N3O4S. The number of hydrogen-bond acceptors (Lipinski definition) is 5. The Morgan fingerprint density at radius 3 is 2.14 bits per heavy atom. The maximum Gasteiger partial charge on any atom is 0.264 e. The van der Waals surface area contributed by atoms with Gasteiger partial charge in [-0.15, -0.1) is 0 Å². The molecule has 0 saturated carbocycles. The van der Waals surface area contributed by atoms with Crippen molar-refractivity contribution in [2.75, 3.05) is 43.6 Å². The summed E-state index contributed by atoms with van der Waals surface area (Å²) in [7, 11) is -3.80. The number of rotatable bonds is 9. The third-order valence-corrected chi connectivity index (χ3v) is 8.23. The third-order valence-electron chi connectivity index (χ3n) is 6.44. The molecule has 3 aromatic carbocycles. The summed E-state index contributed by atoms with van der Waals surface area (Å²) in [6.45, 7) is 8.37. The van der Waals surface area contributed by atoms with Crippen LogP contribution in [0.2, 0.25) is 0 Å². The molecule has 1 saturated heterocycles. The molecule has 0 radical (unpaired) electrons. The lowest BCUT2D eigenvalue weighted by Gasteiger charge is -2.33. The highest BCUT2D eigenvalue weighted by atomic mass is 32.2. The van der Waals surface area contributed by atoms with Gasteiger partial charge in [0, 0.05) is 26.2 Å². The molecule has 36 heavy (non-hydrogen) atoms. The number of anilines is 1. The Bertz CT molecular complexity index is 1240. The van der Waals surface area contributed by atoms with E-state index in [1.807, 2.05) is 42.2 Å². The number of carbonyl (C=O) groups is 1. The van der Waals surface area contributed by atoms with Gasteiger partial charge in [-0.25, -0.2) is 8.42 Å². The van der Waals surface area contributed by atoms with Crippen LogP contribution in [0, 0.1) is 6.92 Å². The van der Waals surface area contributed by atoms with Gasteiger partial charge in [0.25, 0.3) is 15.9 Å². The Labute approximate surface area is 214 Å². The molecule has 3 aromatic rings. The zero-order valence-electron chi connectivity index (χ0n) is 20.8. The van der Waals surface area contributed by atoms with E-state index in [-0.39, 0.29) is 24.0 Å². The minimum Gasteiger partial charge on any atom is -0.484 e. The van der Waals surface area contributed by atoms with Crippen LogP contribution in [0.3, 0.4) is 0 Å². The Hall–Kier alpha value is -3.36. The Morgan fingerprint density at radius 2 is 1.53 bits per heavy atom. The van der Waals surface area contributed by atoms with E-state index < -0.39 is 10.0 Å². The molecule has 0 aromatic heterocycles. The van der Waals surface area contributed by atoms with Gasteiger partial charge < -0.3 is 14.5 Å². The molecule has 0 bridgehead atoms. The van der Waals surface area contributed by atoms with Crippen LogP contribution in [0.15, 0.2) is 83.8 Å². The average Bonchev–Trinajstić information content (AvgIpc) is 2.91. The van der Waals surface area contributed by atoms with E-state index in [2.05, 4.69) is 11.8 Å². The maximum atomic E-state index is 13.6. The largest absolute Gasteiger partial charge is 0.484 e. The van der Waals surface area contributed by atoms with Gasteiger partial charge in [0.15, 0.2) is 6.61 Å². The molecule has 7 nitrogen and oxygen atoms in total. The highest BCUT2D eigenvalue weighted by Gasteiger charge is 2.25. The summed E-state index contributed by atoms with van der Waals surface area (Å²) in [5, 5.41) is 0. The van der Waals surface area contributed by atoms with E-state index in [4.69, 9.17) is 4.74 Å². The van der Waals surface area contributed by atoms with Crippen molar-refractivity contribution in [3.8, 4) is 5.75 Å². The van der Waals surface area contributed by atoms with Gasteiger partial charge in [0.05, 0.1) is 17.1 Å². The van der Waals surface area contributed by atoms with Gasteiger partial charge in [-0.2, -0.15) is 0 Å². The number of sulfonamides is 1. The maximum absolute atomic E-state index is 13.6. The van der Waals surface area contributed by atoms with Crippen LogP contribution in [0.5, 0.6) is 5.75 Å². The first-order valence-corrected chi connectivity index (χ1v) is 13.7. The van der Waals surface area contributed by atoms with E-state index in [9.17, 15) is 13.2 Å². The summed E-state index contributed by atoms with van der Waals surface area (Å²) in [6.07, 6.45) is 0. The predicted octanol–water partition coefficient (Wildman–Crippen LogP) is 3.93. The zero-order valence-corrected chi connectivity index (χ0v) is 21.7. The van der Waals surface area contributed by atoms with E-state index in [0.29, 0.717) is 24.5 Å². The summed E-state index contributed by atoms with van der Waals surface area (Å²) >= 11 is 0. The Morgan fingerprint density at radius 1 is 0.889 bits per heavy atom. The van der Waals surface area contributed by atoms with Gasteiger partial charge in [0.2, 0.25) is 0 Å². The number of carbonyl (C=O) groups excluding carboxylic acids is 1. The lowest BCUT2D eigenvalue weighted by Crippen LogP contribution is -2.49. The Balaban J connectivity index is 1.48. The first kappa shape index (κ1) is 25.7. The standard InChI is InChI=1S/C28H33N3O4S/c1-3-29-17-19-30(20-18-29)28(32)22-35-26-13-11-25(12-14-26)31(21-24-7-5-4-6-8-24)36(33,34)27-15-9-23(2)10-16-27/h4-16H,3,17-22H2,1-2H3. The average molecular weight is 508 g/mol. The van der Waals surface area contributed by atoms with Crippen molar-refractivity contribution >= 4 is 21.6 Å². The van der Waals surface area contributed by atoms with Crippen LogP contribution in [0.1, 0.15) is 18.1 Å². The molecule has 0 spiro atoms. The number of benzene rings is 3. The topological polar surface area (TPSA) is 70.2 Å². The second-order valence-corrected chi connectivity index (χ2v) is 10.8. The molecule has 1 heterocycles. The lowest BCUT2D eigenvalue weighted by atomic mass is 10.2. The number of ether oxygens (including phenoxy) is 1. The molecule has 0 aliphatic carbocycles. The van der Waals surface area contributed by atoms with Crippen molar-refractivity contribution in [2.24, 2.45) is 0 Å². The van der Waals surface area contributed by atoms with Crippen LogP contribution >= 0.6 is 0 Å². The monoisotopic (exact) mass is 507 g/mol. The number of hydrogen-bond donors (Lipinski definition) is 0. The summed E-state index contributed by atoms with van der Waals surface area (Å²) in [5.74, 6) is 0.481. The fourth-order valence-electron chi connectivity index (χ4n) is 4.16. The molecule has 8 heteroatoms. The fourth-order valence-corrected chi connectivity index (χ4v) is 5.61. The summed E-state index contributed by atoms with van der Waals surface area (Å²) < 4.78 is 34.4. The summed E-state index contributed by atoms with van der Waals surface area (Å²) in [4.78, 5) is 16.9. The van der Waals surface area contributed by atoms with E-state index in [1.165, 1.54) is 4.31 Å². The molecule has 1 aliphatic rings. The molecule has 0 N–H and O–H groups in total. The third kappa shape index (κ3) is 6.25. The van der Waals surface area contributed by atoms with E-state index >= 15 is 0 Å². The van der Waals surface area contributed by atoms with Crippen molar-refractivity contribution in [3.63, 3.8) is 0 Å². The summed E-state index contributed by atoms with van der Waals surface area (Å²) in [5.41, 5.74) is 2.39. The van der Waals surface area contributed by atoms with Gasteiger partial charge in [-0.05, 0) is 55.4 Å². The fraction of sp³-hybridized carbons (Fsp3) is 0.321. The van der Waals surface area contributed by atoms with Gasteiger partial charge in [0.1, 0.15) is 5.75 Å². The number of aryl methyl sites for hydroxylation is 1. The van der Waals surface area contributed by atoms with Crippen molar-refractivity contribution < 1.29 is 17.9 Å². The zero-order chi connectivity index (χ0) is 25.5. The smallest absolute Gasteiger partial charge is 0.264 e. The highest BCUT2D eigenvalue weighted by Crippen LogP contribution is 2.28. The quantitative estimate of drug-likeness (QED) is 0.439. The minimum absolute atomic E-state index is 0.0394. The van der Waals surface area contributed by atoms with Crippen LogP contribution in [0.4, 0.5) is 5.69 Å². The molecule has 0 unspecified atom stereocenters.